The minimum atomic E-state index is 0.637. The topological polar surface area (TPSA) is 21.3 Å². The van der Waals surface area contributed by atoms with E-state index in [0.717, 1.165) is 30.4 Å². The zero-order chi connectivity index (χ0) is 11.4. The fourth-order valence-corrected chi connectivity index (χ4v) is 4.08. The molecule has 1 heterocycles. The third-order valence-corrected chi connectivity index (χ3v) is 5.19. The van der Waals surface area contributed by atoms with Crippen LogP contribution >= 0.6 is 11.8 Å². The van der Waals surface area contributed by atoms with Crippen LogP contribution in [0.2, 0.25) is 0 Å². The van der Waals surface area contributed by atoms with Gasteiger partial charge in [0.25, 0.3) is 0 Å². The molecule has 3 heteroatoms. The van der Waals surface area contributed by atoms with Crippen LogP contribution < -0.4 is 5.32 Å². The average Bonchev–Trinajstić information content (AvgIpc) is 2.89. The lowest BCUT2D eigenvalue weighted by molar-refractivity contribution is 0.176. The van der Waals surface area contributed by atoms with Crippen molar-refractivity contribution in [3.8, 4) is 0 Å². The van der Waals surface area contributed by atoms with Crippen LogP contribution in [-0.2, 0) is 4.74 Å². The normalized spacial score (nSPS) is 36.8. The summed E-state index contributed by atoms with van der Waals surface area (Å²) in [7, 11) is 0. The highest BCUT2D eigenvalue weighted by Crippen LogP contribution is 2.30. The third-order valence-electron chi connectivity index (χ3n) is 3.96. The van der Waals surface area contributed by atoms with Gasteiger partial charge in [-0.3, -0.25) is 0 Å². The first kappa shape index (κ1) is 12.7. The van der Waals surface area contributed by atoms with Gasteiger partial charge >= 0.3 is 0 Å². The van der Waals surface area contributed by atoms with Crippen LogP contribution in [0.5, 0.6) is 0 Å². The molecule has 2 rings (SSSR count). The van der Waals surface area contributed by atoms with Crippen molar-refractivity contribution < 1.29 is 4.74 Å². The first-order valence-corrected chi connectivity index (χ1v) is 7.80. The smallest absolute Gasteiger partial charge is 0.0509 e. The van der Waals surface area contributed by atoms with Gasteiger partial charge in [-0.05, 0) is 44.3 Å². The Morgan fingerprint density at radius 1 is 1.38 bits per heavy atom. The molecule has 0 aromatic heterocycles. The summed E-state index contributed by atoms with van der Waals surface area (Å²) in [5.74, 6) is 2.02. The van der Waals surface area contributed by atoms with E-state index in [1.807, 2.05) is 0 Å². The van der Waals surface area contributed by atoms with Crippen LogP contribution in [0.3, 0.4) is 0 Å². The molecular weight excluding hydrogens is 218 g/mol. The molecule has 0 amide bonds. The van der Waals surface area contributed by atoms with E-state index in [9.17, 15) is 0 Å². The second-order valence-electron chi connectivity index (χ2n) is 5.17. The van der Waals surface area contributed by atoms with Gasteiger partial charge in [0.05, 0.1) is 6.61 Å². The largest absolute Gasteiger partial charge is 0.381 e. The van der Waals surface area contributed by atoms with Gasteiger partial charge in [-0.1, -0.05) is 6.92 Å². The number of thioether (sulfide) groups is 1. The summed E-state index contributed by atoms with van der Waals surface area (Å²) in [5.41, 5.74) is 0. The van der Waals surface area contributed by atoms with Crippen LogP contribution in [0.15, 0.2) is 0 Å². The number of nitrogens with one attached hydrogen (secondary N) is 1. The Balaban J connectivity index is 1.69. The lowest BCUT2D eigenvalue weighted by Crippen LogP contribution is -2.40. The molecule has 1 aliphatic heterocycles. The minimum absolute atomic E-state index is 0.637. The Hall–Kier alpha value is 0.270. The summed E-state index contributed by atoms with van der Waals surface area (Å²) in [4.78, 5) is 0. The molecule has 0 aromatic rings. The SMILES string of the molecule is CCSC1CCC(NC(C)C2CCOC2)C1. The van der Waals surface area contributed by atoms with E-state index >= 15 is 0 Å². The number of ether oxygens (including phenoxy) is 1. The highest BCUT2D eigenvalue weighted by atomic mass is 32.2. The summed E-state index contributed by atoms with van der Waals surface area (Å²) in [6, 6.07) is 1.40. The fourth-order valence-electron chi connectivity index (χ4n) is 2.93. The molecule has 2 fully saturated rings. The van der Waals surface area contributed by atoms with E-state index in [4.69, 9.17) is 4.74 Å². The molecule has 1 saturated carbocycles. The van der Waals surface area contributed by atoms with Crippen LogP contribution in [0.25, 0.3) is 0 Å². The summed E-state index contributed by atoms with van der Waals surface area (Å²) >= 11 is 2.14. The van der Waals surface area contributed by atoms with Gasteiger partial charge in [0, 0.05) is 23.9 Å². The maximum absolute atomic E-state index is 5.46. The van der Waals surface area contributed by atoms with E-state index < -0.39 is 0 Å². The molecule has 0 radical (unpaired) electrons. The highest BCUT2D eigenvalue weighted by molar-refractivity contribution is 7.99. The van der Waals surface area contributed by atoms with Crippen molar-refractivity contribution >= 4 is 11.8 Å². The maximum atomic E-state index is 5.46. The Morgan fingerprint density at radius 2 is 2.25 bits per heavy atom. The van der Waals surface area contributed by atoms with E-state index in [1.165, 1.54) is 31.4 Å². The molecule has 1 N–H and O–H groups in total. The van der Waals surface area contributed by atoms with Crippen molar-refractivity contribution in [1.29, 1.82) is 0 Å². The van der Waals surface area contributed by atoms with E-state index in [2.05, 4.69) is 30.9 Å². The second-order valence-corrected chi connectivity index (χ2v) is 6.74. The summed E-state index contributed by atoms with van der Waals surface area (Å²) in [6.45, 7) is 6.53. The highest BCUT2D eigenvalue weighted by Gasteiger charge is 2.28. The quantitative estimate of drug-likeness (QED) is 0.802. The van der Waals surface area contributed by atoms with E-state index in [1.54, 1.807) is 0 Å². The summed E-state index contributed by atoms with van der Waals surface area (Å²) < 4.78 is 5.46. The minimum Gasteiger partial charge on any atom is -0.381 e. The zero-order valence-electron chi connectivity index (χ0n) is 10.6. The monoisotopic (exact) mass is 243 g/mol. The number of rotatable bonds is 5. The van der Waals surface area contributed by atoms with E-state index in [0.29, 0.717) is 6.04 Å². The van der Waals surface area contributed by atoms with E-state index in [-0.39, 0.29) is 0 Å². The molecule has 1 aliphatic carbocycles. The Labute approximate surface area is 104 Å². The number of hydrogen-bond donors (Lipinski definition) is 1. The molecule has 4 atom stereocenters. The molecule has 16 heavy (non-hydrogen) atoms. The summed E-state index contributed by atoms with van der Waals surface area (Å²) in [6.07, 6.45) is 5.39. The molecule has 0 aromatic carbocycles. The Bertz CT molecular complexity index is 206. The molecule has 0 bridgehead atoms. The molecule has 4 unspecified atom stereocenters. The molecule has 2 aliphatic rings. The van der Waals surface area contributed by atoms with Crippen molar-refractivity contribution in [1.82, 2.24) is 5.32 Å². The van der Waals surface area contributed by atoms with Crippen molar-refractivity contribution in [2.75, 3.05) is 19.0 Å². The predicted octanol–water partition coefficient (Wildman–Crippen LogP) is 2.68. The zero-order valence-corrected chi connectivity index (χ0v) is 11.4. The van der Waals surface area contributed by atoms with Crippen LogP contribution in [0.4, 0.5) is 0 Å². The maximum Gasteiger partial charge on any atom is 0.0509 e. The number of hydrogen-bond acceptors (Lipinski definition) is 3. The second kappa shape index (κ2) is 6.27. The van der Waals surface area contributed by atoms with Crippen molar-refractivity contribution in [3.63, 3.8) is 0 Å². The first-order chi connectivity index (χ1) is 7.79. The van der Waals surface area contributed by atoms with Gasteiger partial charge < -0.3 is 10.1 Å². The van der Waals surface area contributed by atoms with Crippen molar-refractivity contribution in [3.05, 3.63) is 0 Å². The van der Waals surface area contributed by atoms with Gasteiger partial charge in [-0.25, -0.2) is 0 Å². The van der Waals surface area contributed by atoms with Crippen LogP contribution in [0.1, 0.15) is 39.5 Å². The predicted molar refractivity (Wildman–Crippen MR) is 71.1 cm³/mol. The molecule has 1 saturated heterocycles. The molecule has 2 nitrogen and oxygen atoms in total. The Morgan fingerprint density at radius 3 is 2.94 bits per heavy atom. The lowest BCUT2D eigenvalue weighted by atomic mass is 9.99. The van der Waals surface area contributed by atoms with Crippen LogP contribution in [0, 0.1) is 5.92 Å². The molecule has 94 valence electrons. The summed E-state index contributed by atoms with van der Waals surface area (Å²) in [5, 5.41) is 4.73. The Kier molecular flexibility index (Phi) is 4.98. The molecule has 0 spiro atoms. The van der Waals surface area contributed by atoms with Gasteiger partial charge in [0.1, 0.15) is 0 Å². The van der Waals surface area contributed by atoms with Gasteiger partial charge in [-0.15, -0.1) is 0 Å². The standard InChI is InChI=1S/C13H25NOS/c1-3-16-13-5-4-12(8-13)14-10(2)11-6-7-15-9-11/h10-14H,3-9H2,1-2H3. The lowest BCUT2D eigenvalue weighted by Gasteiger charge is -2.23. The molecular formula is C13H25NOS. The van der Waals surface area contributed by atoms with Crippen LogP contribution in [-0.4, -0.2) is 36.3 Å². The first-order valence-electron chi connectivity index (χ1n) is 6.75. The fraction of sp³-hybridized carbons (Fsp3) is 1.00. The van der Waals surface area contributed by atoms with Gasteiger partial charge in [0.15, 0.2) is 0 Å². The van der Waals surface area contributed by atoms with Gasteiger partial charge in [-0.2, -0.15) is 11.8 Å². The van der Waals surface area contributed by atoms with Crippen molar-refractivity contribution in [2.45, 2.75) is 56.9 Å². The average molecular weight is 243 g/mol. The third kappa shape index (κ3) is 3.38. The van der Waals surface area contributed by atoms with Gasteiger partial charge in [0.2, 0.25) is 0 Å². The van der Waals surface area contributed by atoms with Crippen molar-refractivity contribution in [2.24, 2.45) is 5.92 Å².